The van der Waals surface area contributed by atoms with E-state index in [0.29, 0.717) is 12.0 Å². The van der Waals surface area contributed by atoms with E-state index >= 15 is 0 Å². The Morgan fingerprint density at radius 1 is 1.47 bits per heavy atom. The van der Waals surface area contributed by atoms with Gasteiger partial charge in [0.15, 0.2) is 0 Å². The van der Waals surface area contributed by atoms with Crippen LogP contribution in [0.3, 0.4) is 0 Å². The first-order valence-electron chi connectivity index (χ1n) is 6.38. The zero-order valence-corrected chi connectivity index (χ0v) is 9.82. The molecule has 2 rings (SSSR count). The lowest BCUT2D eigenvalue weighted by molar-refractivity contribution is 0.166. The molecule has 0 bridgehead atoms. The molecule has 88 valence electrons. The molecule has 0 saturated carbocycles. The maximum absolute atomic E-state index is 6.25. The normalized spacial score (nSPS) is 34.8. The van der Waals surface area contributed by atoms with Crippen molar-refractivity contribution in [2.75, 3.05) is 26.3 Å². The average molecular weight is 212 g/mol. The lowest BCUT2D eigenvalue weighted by Crippen LogP contribution is -2.44. The minimum Gasteiger partial charge on any atom is -0.381 e. The largest absolute Gasteiger partial charge is 0.381 e. The highest BCUT2D eigenvalue weighted by molar-refractivity contribution is 4.85. The SMILES string of the molecule is CCC1CCCN1CC(N)C1CCOC1. The van der Waals surface area contributed by atoms with Crippen molar-refractivity contribution < 1.29 is 4.74 Å². The highest BCUT2D eigenvalue weighted by Gasteiger charge is 2.28. The zero-order chi connectivity index (χ0) is 10.7. The van der Waals surface area contributed by atoms with E-state index in [4.69, 9.17) is 10.5 Å². The molecule has 0 radical (unpaired) electrons. The van der Waals surface area contributed by atoms with Crippen LogP contribution in [0.4, 0.5) is 0 Å². The van der Waals surface area contributed by atoms with Crippen LogP contribution in [0.1, 0.15) is 32.6 Å². The van der Waals surface area contributed by atoms with E-state index in [1.54, 1.807) is 0 Å². The van der Waals surface area contributed by atoms with Gasteiger partial charge in [0, 0.05) is 31.2 Å². The van der Waals surface area contributed by atoms with Crippen LogP contribution in [-0.4, -0.2) is 43.3 Å². The predicted molar refractivity (Wildman–Crippen MR) is 61.8 cm³/mol. The van der Waals surface area contributed by atoms with Crippen LogP contribution in [0, 0.1) is 5.92 Å². The van der Waals surface area contributed by atoms with Gasteiger partial charge >= 0.3 is 0 Å². The van der Waals surface area contributed by atoms with Crippen LogP contribution < -0.4 is 5.73 Å². The summed E-state index contributed by atoms with van der Waals surface area (Å²) in [7, 11) is 0. The third-order valence-electron chi connectivity index (χ3n) is 3.99. The molecule has 2 N–H and O–H groups in total. The molecule has 2 saturated heterocycles. The summed E-state index contributed by atoms with van der Waals surface area (Å²) in [5.74, 6) is 0.600. The predicted octanol–water partition coefficient (Wildman–Crippen LogP) is 1.22. The Kier molecular flexibility index (Phi) is 4.00. The molecule has 15 heavy (non-hydrogen) atoms. The van der Waals surface area contributed by atoms with Crippen molar-refractivity contribution in [2.45, 2.75) is 44.7 Å². The van der Waals surface area contributed by atoms with Crippen molar-refractivity contribution in [3.05, 3.63) is 0 Å². The molecule has 2 aliphatic rings. The number of rotatable bonds is 4. The van der Waals surface area contributed by atoms with Crippen molar-refractivity contribution in [3.63, 3.8) is 0 Å². The van der Waals surface area contributed by atoms with Gasteiger partial charge in [-0.25, -0.2) is 0 Å². The molecule has 0 aromatic carbocycles. The third kappa shape index (κ3) is 2.71. The van der Waals surface area contributed by atoms with Crippen molar-refractivity contribution in [1.29, 1.82) is 0 Å². The molecule has 0 aromatic rings. The molecule has 3 heteroatoms. The van der Waals surface area contributed by atoms with Crippen LogP contribution in [0.5, 0.6) is 0 Å². The highest BCUT2D eigenvalue weighted by Crippen LogP contribution is 2.22. The highest BCUT2D eigenvalue weighted by atomic mass is 16.5. The fraction of sp³-hybridized carbons (Fsp3) is 1.00. The van der Waals surface area contributed by atoms with Gasteiger partial charge in [0.05, 0.1) is 6.61 Å². The first-order valence-corrected chi connectivity index (χ1v) is 6.38. The summed E-state index contributed by atoms with van der Waals surface area (Å²) in [6.07, 6.45) is 5.15. The fourth-order valence-corrected chi connectivity index (χ4v) is 2.91. The van der Waals surface area contributed by atoms with Crippen molar-refractivity contribution in [3.8, 4) is 0 Å². The first kappa shape index (κ1) is 11.4. The van der Waals surface area contributed by atoms with Gasteiger partial charge in [-0.1, -0.05) is 6.92 Å². The molecule has 3 unspecified atom stereocenters. The number of nitrogens with zero attached hydrogens (tertiary/aromatic N) is 1. The summed E-state index contributed by atoms with van der Waals surface area (Å²) in [5, 5.41) is 0. The van der Waals surface area contributed by atoms with E-state index in [1.165, 1.54) is 25.8 Å². The van der Waals surface area contributed by atoms with Gasteiger partial charge in [0.2, 0.25) is 0 Å². The minimum absolute atomic E-state index is 0.319. The Morgan fingerprint density at radius 2 is 2.33 bits per heavy atom. The van der Waals surface area contributed by atoms with Crippen molar-refractivity contribution >= 4 is 0 Å². The Labute approximate surface area is 93.0 Å². The second-order valence-electron chi connectivity index (χ2n) is 4.99. The lowest BCUT2D eigenvalue weighted by Gasteiger charge is -2.28. The van der Waals surface area contributed by atoms with Crippen LogP contribution in [0.25, 0.3) is 0 Å². The third-order valence-corrected chi connectivity index (χ3v) is 3.99. The zero-order valence-electron chi connectivity index (χ0n) is 9.82. The molecular weight excluding hydrogens is 188 g/mol. The molecule has 0 spiro atoms. The van der Waals surface area contributed by atoms with Crippen LogP contribution in [-0.2, 0) is 4.74 Å². The summed E-state index contributed by atoms with van der Waals surface area (Å²) >= 11 is 0. The quantitative estimate of drug-likeness (QED) is 0.761. The minimum atomic E-state index is 0.319. The van der Waals surface area contributed by atoms with Crippen LogP contribution in [0.2, 0.25) is 0 Å². The number of hydrogen-bond acceptors (Lipinski definition) is 3. The van der Waals surface area contributed by atoms with Crippen LogP contribution >= 0.6 is 0 Å². The van der Waals surface area contributed by atoms with E-state index in [1.807, 2.05) is 0 Å². The first-order chi connectivity index (χ1) is 7.31. The van der Waals surface area contributed by atoms with Gasteiger partial charge in [0.1, 0.15) is 0 Å². The summed E-state index contributed by atoms with van der Waals surface area (Å²) in [5.41, 5.74) is 6.25. The molecule has 3 atom stereocenters. The molecule has 0 aromatic heterocycles. The fourth-order valence-electron chi connectivity index (χ4n) is 2.91. The van der Waals surface area contributed by atoms with E-state index in [0.717, 1.165) is 32.2 Å². The molecule has 2 aliphatic heterocycles. The Hall–Kier alpha value is -0.120. The maximum Gasteiger partial charge on any atom is 0.0510 e. The van der Waals surface area contributed by atoms with Gasteiger partial charge in [-0.3, -0.25) is 4.90 Å². The topological polar surface area (TPSA) is 38.5 Å². The number of ether oxygens (including phenoxy) is 1. The second-order valence-corrected chi connectivity index (χ2v) is 4.99. The Balaban J connectivity index is 1.79. The van der Waals surface area contributed by atoms with Crippen molar-refractivity contribution in [1.82, 2.24) is 4.90 Å². The molecule has 0 aliphatic carbocycles. The van der Waals surface area contributed by atoms with Gasteiger partial charge < -0.3 is 10.5 Å². The number of hydrogen-bond donors (Lipinski definition) is 1. The lowest BCUT2D eigenvalue weighted by atomic mass is 9.99. The summed E-state index contributed by atoms with van der Waals surface area (Å²) in [6, 6.07) is 1.11. The second kappa shape index (κ2) is 5.28. The summed E-state index contributed by atoms with van der Waals surface area (Å²) < 4.78 is 5.40. The molecule has 2 heterocycles. The van der Waals surface area contributed by atoms with E-state index in [9.17, 15) is 0 Å². The Bertz CT molecular complexity index is 192. The number of likely N-dealkylation sites (tertiary alicyclic amines) is 1. The molecule has 2 fully saturated rings. The maximum atomic E-state index is 6.25. The monoisotopic (exact) mass is 212 g/mol. The van der Waals surface area contributed by atoms with E-state index < -0.39 is 0 Å². The van der Waals surface area contributed by atoms with Gasteiger partial charge in [0.25, 0.3) is 0 Å². The van der Waals surface area contributed by atoms with E-state index in [-0.39, 0.29) is 0 Å². The summed E-state index contributed by atoms with van der Waals surface area (Å²) in [6.45, 7) is 6.40. The van der Waals surface area contributed by atoms with Gasteiger partial charge in [-0.2, -0.15) is 0 Å². The molecule has 3 nitrogen and oxygen atoms in total. The molecule has 0 amide bonds. The number of nitrogens with two attached hydrogens (primary N) is 1. The summed E-state index contributed by atoms with van der Waals surface area (Å²) in [4.78, 5) is 2.59. The standard InChI is InChI=1S/C12H24N2O/c1-2-11-4-3-6-14(11)8-12(13)10-5-7-15-9-10/h10-12H,2-9,13H2,1H3. The van der Waals surface area contributed by atoms with Crippen LogP contribution in [0.15, 0.2) is 0 Å². The Morgan fingerprint density at radius 3 is 3.00 bits per heavy atom. The average Bonchev–Trinajstić information content (AvgIpc) is 2.87. The van der Waals surface area contributed by atoms with Gasteiger partial charge in [-0.05, 0) is 32.2 Å². The van der Waals surface area contributed by atoms with Crippen molar-refractivity contribution in [2.24, 2.45) is 11.7 Å². The smallest absolute Gasteiger partial charge is 0.0510 e. The molecular formula is C12H24N2O. The van der Waals surface area contributed by atoms with E-state index in [2.05, 4.69) is 11.8 Å². The van der Waals surface area contributed by atoms with Gasteiger partial charge in [-0.15, -0.1) is 0 Å².